The van der Waals surface area contributed by atoms with Gasteiger partial charge in [-0.3, -0.25) is 4.79 Å². The maximum Gasteiger partial charge on any atom is 0.284 e. The molecule has 1 fully saturated rings. The van der Waals surface area contributed by atoms with Crippen molar-refractivity contribution < 1.29 is 9.90 Å². The number of aliphatic hydroxyl groups is 1. The Balaban J connectivity index is 1.56. The summed E-state index contributed by atoms with van der Waals surface area (Å²) in [7, 11) is 2.18. The number of hydrogen-bond acceptors (Lipinski definition) is 6. The number of imidazole rings is 1. The fraction of sp³-hybridized carbons (Fsp3) is 0.619. The highest BCUT2D eigenvalue weighted by molar-refractivity contribution is 5.93. The molecule has 1 aromatic carbocycles. The van der Waals surface area contributed by atoms with E-state index in [4.69, 9.17) is 5.73 Å². The number of amides is 1. The third kappa shape index (κ3) is 5.99. The van der Waals surface area contributed by atoms with E-state index < -0.39 is 11.5 Å². The van der Waals surface area contributed by atoms with E-state index in [1.807, 2.05) is 18.2 Å². The minimum Gasteiger partial charge on any atom is -0.389 e. The SMILES string of the molecule is CN1CCN(CCCNCc2ccc3c(c2)nc(C(N)=O)n3CC(C)(C)O)CC1. The van der Waals surface area contributed by atoms with E-state index in [1.54, 1.807) is 18.4 Å². The maximum atomic E-state index is 11.8. The van der Waals surface area contributed by atoms with Crippen LogP contribution in [0.15, 0.2) is 18.2 Å². The van der Waals surface area contributed by atoms with Crippen molar-refractivity contribution in [1.82, 2.24) is 24.7 Å². The van der Waals surface area contributed by atoms with Gasteiger partial charge in [0.25, 0.3) is 5.91 Å². The van der Waals surface area contributed by atoms with Crippen molar-refractivity contribution in [2.45, 2.75) is 39.0 Å². The minimum absolute atomic E-state index is 0.180. The first kappa shape index (κ1) is 21.7. The minimum atomic E-state index is -0.970. The van der Waals surface area contributed by atoms with Crippen LogP contribution in [0.3, 0.4) is 0 Å². The van der Waals surface area contributed by atoms with Crippen LogP contribution in [0.5, 0.6) is 0 Å². The second-order valence-electron chi connectivity index (χ2n) is 8.70. The largest absolute Gasteiger partial charge is 0.389 e. The molecule has 1 amide bonds. The van der Waals surface area contributed by atoms with E-state index in [1.165, 1.54) is 0 Å². The normalized spacial score (nSPS) is 16.6. The Morgan fingerprint density at radius 2 is 2.00 bits per heavy atom. The highest BCUT2D eigenvalue weighted by Crippen LogP contribution is 2.20. The number of hydrogen-bond donors (Lipinski definition) is 3. The van der Waals surface area contributed by atoms with Crippen LogP contribution < -0.4 is 11.1 Å². The third-order valence-corrected chi connectivity index (χ3v) is 5.33. The molecular formula is C21H34N6O2. The first-order valence-corrected chi connectivity index (χ1v) is 10.4. The molecule has 0 saturated carbocycles. The van der Waals surface area contributed by atoms with Gasteiger partial charge in [-0.1, -0.05) is 6.07 Å². The van der Waals surface area contributed by atoms with E-state index in [0.717, 1.165) is 68.8 Å². The second kappa shape index (κ2) is 9.21. The van der Waals surface area contributed by atoms with Gasteiger partial charge in [-0.15, -0.1) is 0 Å². The molecule has 29 heavy (non-hydrogen) atoms. The quantitative estimate of drug-likeness (QED) is 0.532. The van der Waals surface area contributed by atoms with Gasteiger partial charge in [0, 0.05) is 32.7 Å². The van der Waals surface area contributed by atoms with Gasteiger partial charge in [-0.25, -0.2) is 4.98 Å². The summed E-state index contributed by atoms with van der Waals surface area (Å²) < 4.78 is 1.70. The first-order valence-electron chi connectivity index (χ1n) is 10.4. The molecule has 2 aromatic rings. The van der Waals surface area contributed by atoms with Gasteiger partial charge in [-0.2, -0.15) is 0 Å². The highest BCUT2D eigenvalue weighted by Gasteiger charge is 2.21. The Labute approximate surface area is 172 Å². The zero-order valence-corrected chi connectivity index (χ0v) is 17.8. The standard InChI is InChI=1S/C21H34N6O2/c1-21(2,29)15-27-18-6-5-16(13-17(18)24-20(27)19(22)28)14-23-7-4-8-26-11-9-25(3)10-12-26/h5-6,13,23,29H,4,7-12,14-15H2,1-3H3,(H2,22,28). The molecular weight excluding hydrogens is 368 g/mol. The molecule has 4 N–H and O–H groups in total. The highest BCUT2D eigenvalue weighted by atomic mass is 16.3. The van der Waals surface area contributed by atoms with Gasteiger partial charge in [0.2, 0.25) is 0 Å². The summed E-state index contributed by atoms with van der Waals surface area (Å²) in [5.41, 5.74) is 7.16. The van der Waals surface area contributed by atoms with Crippen molar-refractivity contribution >= 4 is 16.9 Å². The predicted octanol–water partition coefficient (Wildman–Crippen LogP) is 0.633. The molecule has 1 aromatic heterocycles. The smallest absolute Gasteiger partial charge is 0.284 e. The van der Waals surface area contributed by atoms with Crippen LogP contribution in [0, 0.1) is 0 Å². The van der Waals surface area contributed by atoms with Gasteiger partial charge in [-0.05, 0) is 58.1 Å². The van der Waals surface area contributed by atoms with Gasteiger partial charge < -0.3 is 30.5 Å². The van der Waals surface area contributed by atoms with Gasteiger partial charge in [0.15, 0.2) is 5.82 Å². The summed E-state index contributed by atoms with van der Waals surface area (Å²) in [5, 5.41) is 13.7. The number of benzene rings is 1. The van der Waals surface area contributed by atoms with Crippen molar-refractivity contribution in [2.75, 3.05) is 46.3 Å². The maximum absolute atomic E-state index is 11.8. The summed E-state index contributed by atoms with van der Waals surface area (Å²) in [5.74, 6) is -0.409. The fourth-order valence-corrected chi connectivity index (χ4v) is 3.75. The number of fused-ring (bicyclic) bond motifs is 1. The molecule has 3 rings (SSSR count). The molecule has 0 aliphatic carbocycles. The first-order chi connectivity index (χ1) is 13.7. The zero-order chi connectivity index (χ0) is 21.0. The molecule has 1 aliphatic rings. The van der Waals surface area contributed by atoms with Crippen molar-refractivity contribution in [3.63, 3.8) is 0 Å². The Bertz CT molecular complexity index is 834. The topological polar surface area (TPSA) is 99.7 Å². The van der Waals surface area contributed by atoms with Crippen LogP contribution in [0.1, 0.15) is 36.5 Å². The molecule has 0 atom stereocenters. The van der Waals surface area contributed by atoms with Gasteiger partial charge >= 0.3 is 0 Å². The molecule has 160 valence electrons. The van der Waals surface area contributed by atoms with E-state index in [9.17, 15) is 9.90 Å². The molecule has 0 unspecified atom stereocenters. The van der Waals surface area contributed by atoms with E-state index in [0.29, 0.717) is 0 Å². The Kier molecular flexibility index (Phi) is 6.89. The van der Waals surface area contributed by atoms with E-state index >= 15 is 0 Å². The van der Waals surface area contributed by atoms with Gasteiger partial charge in [0.05, 0.1) is 23.2 Å². The average Bonchev–Trinajstić information content (AvgIpc) is 2.99. The molecule has 0 radical (unpaired) electrons. The number of carbonyl (C=O) groups excluding carboxylic acids is 1. The van der Waals surface area contributed by atoms with Crippen LogP contribution in [-0.4, -0.2) is 82.3 Å². The third-order valence-electron chi connectivity index (χ3n) is 5.33. The Morgan fingerprint density at radius 3 is 2.66 bits per heavy atom. The number of nitrogens with zero attached hydrogens (tertiary/aromatic N) is 4. The number of rotatable bonds is 9. The number of nitrogens with two attached hydrogens (primary N) is 1. The molecule has 1 saturated heterocycles. The van der Waals surface area contributed by atoms with E-state index in [-0.39, 0.29) is 12.4 Å². The molecule has 8 nitrogen and oxygen atoms in total. The lowest BCUT2D eigenvalue weighted by atomic mass is 10.1. The fourth-order valence-electron chi connectivity index (χ4n) is 3.75. The van der Waals surface area contributed by atoms with Crippen molar-refractivity contribution in [1.29, 1.82) is 0 Å². The van der Waals surface area contributed by atoms with Crippen molar-refractivity contribution in [3.8, 4) is 0 Å². The summed E-state index contributed by atoms with van der Waals surface area (Å²) in [6.07, 6.45) is 1.12. The van der Waals surface area contributed by atoms with Crippen LogP contribution in [0.4, 0.5) is 0 Å². The molecule has 0 bridgehead atoms. The Morgan fingerprint density at radius 1 is 1.28 bits per heavy atom. The molecule has 8 heteroatoms. The second-order valence-corrected chi connectivity index (χ2v) is 8.70. The number of likely N-dealkylation sites (N-methyl/N-ethyl adjacent to an activating group) is 1. The number of piperazine rings is 1. The lowest BCUT2D eigenvalue weighted by Crippen LogP contribution is -2.45. The van der Waals surface area contributed by atoms with Crippen LogP contribution in [0.2, 0.25) is 0 Å². The number of nitrogens with one attached hydrogen (secondary N) is 1. The predicted molar refractivity (Wildman–Crippen MR) is 115 cm³/mol. The molecule has 1 aliphatic heterocycles. The number of aromatic nitrogens is 2. The van der Waals surface area contributed by atoms with Crippen LogP contribution in [-0.2, 0) is 13.1 Å². The lowest BCUT2D eigenvalue weighted by Gasteiger charge is -2.32. The monoisotopic (exact) mass is 402 g/mol. The number of carbonyl (C=O) groups is 1. The number of primary amides is 1. The molecule has 2 heterocycles. The summed E-state index contributed by atoms with van der Waals surface area (Å²) in [6.45, 7) is 11.1. The summed E-state index contributed by atoms with van der Waals surface area (Å²) >= 11 is 0. The molecule has 0 spiro atoms. The van der Waals surface area contributed by atoms with E-state index in [2.05, 4.69) is 27.1 Å². The van der Waals surface area contributed by atoms with Crippen LogP contribution in [0.25, 0.3) is 11.0 Å². The summed E-state index contributed by atoms with van der Waals surface area (Å²) in [6, 6.07) is 5.96. The summed E-state index contributed by atoms with van der Waals surface area (Å²) in [4.78, 5) is 21.1. The van der Waals surface area contributed by atoms with Crippen molar-refractivity contribution in [2.24, 2.45) is 5.73 Å². The zero-order valence-electron chi connectivity index (χ0n) is 17.8. The Hall–Kier alpha value is -2.00. The average molecular weight is 403 g/mol. The van der Waals surface area contributed by atoms with Crippen LogP contribution >= 0.6 is 0 Å². The lowest BCUT2D eigenvalue weighted by molar-refractivity contribution is 0.0614. The van der Waals surface area contributed by atoms with Gasteiger partial charge in [0.1, 0.15) is 0 Å². The van der Waals surface area contributed by atoms with Crippen molar-refractivity contribution in [3.05, 3.63) is 29.6 Å².